The molecule has 0 aromatic rings. The number of aliphatic hydroxyl groups excluding tert-OH is 1. The smallest absolute Gasteiger partial charge is 0.462 e. The summed E-state index contributed by atoms with van der Waals surface area (Å²) in [7, 11) is -9.88. The maximum Gasteiger partial charge on any atom is 0.472 e. The van der Waals surface area contributed by atoms with Gasteiger partial charge in [-0.3, -0.25) is 37.3 Å². The molecule has 0 fully saturated rings. The summed E-state index contributed by atoms with van der Waals surface area (Å²) in [5.74, 6) is -1.42. The number of carbonyl (C=O) groups is 4. The molecular formula is C69H134O17P2. The van der Waals surface area contributed by atoms with Crippen LogP contribution in [0.1, 0.15) is 356 Å². The lowest BCUT2D eigenvalue weighted by atomic mass is 10.00. The number of esters is 4. The van der Waals surface area contributed by atoms with Gasteiger partial charge in [-0.15, -0.1) is 0 Å². The van der Waals surface area contributed by atoms with Gasteiger partial charge in [-0.25, -0.2) is 9.13 Å². The van der Waals surface area contributed by atoms with E-state index in [1.165, 1.54) is 173 Å². The number of hydrogen-bond acceptors (Lipinski definition) is 15. The Hall–Kier alpha value is -1.94. The number of phosphoric ester groups is 2. The molecule has 19 heteroatoms. The van der Waals surface area contributed by atoms with Crippen LogP contribution in [0, 0.1) is 5.92 Å². The van der Waals surface area contributed by atoms with Crippen LogP contribution in [0.3, 0.4) is 0 Å². The fraction of sp³-hybridized carbons (Fsp3) is 0.942. The molecule has 0 aliphatic heterocycles. The number of unbranched alkanes of at least 4 members (excludes halogenated alkanes) is 40. The molecule has 3 N–H and O–H groups in total. The topological polar surface area (TPSA) is 237 Å². The lowest BCUT2D eigenvalue weighted by molar-refractivity contribution is -0.161. The molecule has 6 atom stereocenters. The summed E-state index contributed by atoms with van der Waals surface area (Å²) in [5, 5.41) is 10.5. The monoisotopic (exact) mass is 1300 g/mol. The first-order chi connectivity index (χ1) is 42.6. The van der Waals surface area contributed by atoms with Crippen LogP contribution in [-0.4, -0.2) is 96.7 Å². The Bertz CT molecular complexity index is 1710. The Kier molecular flexibility index (Phi) is 61.1. The summed E-state index contributed by atoms with van der Waals surface area (Å²) >= 11 is 0. The number of ether oxygens (including phenoxy) is 4. The van der Waals surface area contributed by atoms with E-state index < -0.39 is 97.5 Å². The third kappa shape index (κ3) is 61.6. The minimum absolute atomic E-state index is 0.102. The molecule has 0 saturated heterocycles. The van der Waals surface area contributed by atoms with Crippen LogP contribution in [0.2, 0.25) is 0 Å². The second-order valence-electron chi connectivity index (χ2n) is 25.2. The van der Waals surface area contributed by atoms with Crippen LogP contribution in [0.15, 0.2) is 0 Å². The maximum absolute atomic E-state index is 13.0. The number of aliphatic hydroxyl groups is 1. The molecule has 0 rings (SSSR count). The summed E-state index contributed by atoms with van der Waals surface area (Å²) in [6, 6.07) is 0. The molecule has 0 aliphatic carbocycles. The summed E-state index contributed by atoms with van der Waals surface area (Å²) in [4.78, 5) is 72.1. The first-order valence-corrected chi connectivity index (χ1v) is 39.2. The highest BCUT2D eigenvalue weighted by atomic mass is 31.2. The van der Waals surface area contributed by atoms with E-state index >= 15 is 0 Å². The molecule has 0 aliphatic rings. The van der Waals surface area contributed by atoms with Crippen molar-refractivity contribution >= 4 is 39.5 Å². The van der Waals surface area contributed by atoms with Crippen molar-refractivity contribution in [3.8, 4) is 0 Å². The van der Waals surface area contributed by atoms with E-state index in [-0.39, 0.29) is 25.7 Å². The average molecular weight is 1300 g/mol. The molecule has 17 nitrogen and oxygen atoms in total. The van der Waals surface area contributed by atoms with Crippen molar-refractivity contribution in [2.45, 2.75) is 374 Å². The molecule has 3 unspecified atom stereocenters. The van der Waals surface area contributed by atoms with Gasteiger partial charge in [-0.1, -0.05) is 304 Å². The zero-order valence-corrected chi connectivity index (χ0v) is 58.6. The van der Waals surface area contributed by atoms with E-state index in [1.54, 1.807) is 0 Å². The van der Waals surface area contributed by atoms with Crippen molar-refractivity contribution in [3.05, 3.63) is 0 Å². The molecule has 0 radical (unpaired) electrons. The fourth-order valence-electron chi connectivity index (χ4n) is 10.4. The molecule has 0 spiro atoms. The Balaban J connectivity index is 5.07. The standard InChI is InChI=1S/C69H134O17P2/c1-6-10-13-16-18-20-22-23-24-25-26-27-28-29-30-31-32-34-36-38-44-49-54-68(73)85-65(59-80-67(72)53-48-43-37-35-33-21-19-17-14-11-7-2)61-84-88(77,78)82-57-63(70)56-81-87(75,76)83-60-64(58-79-66(71)52-47-41-15-12-8-3)86-69(74)55-50-45-40-39-42-46-51-62(5)9-4/h62-65,70H,6-61H2,1-5H3,(H,75,76)(H,77,78)/t62?,63-,64+,65+/m0/s1. The van der Waals surface area contributed by atoms with Crippen LogP contribution in [0.5, 0.6) is 0 Å². The summed E-state index contributed by atoms with van der Waals surface area (Å²) in [6.07, 6.45) is 49.2. The lowest BCUT2D eigenvalue weighted by Crippen LogP contribution is -2.30. The third-order valence-electron chi connectivity index (χ3n) is 16.4. The van der Waals surface area contributed by atoms with Crippen LogP contribution < -0.4 is 0 Å². The Morgan fingerprint density at radius 1 is 0.318 bits per heavy atom. The normalized spacial score (nSPS) is 14.4. The molecule has 0 heterocycles. The first kappa shape index (κ1) is 86.1. The average Bonchev–Trinajstić information content (AvgIpc) is 3.71. The predicted molar refractivity (Wildman–Crippen MR) is 354 cm³/mol. The third-order valence-corrected chi connectivity index (χ3v) is 18.3. The zero-order valence-electron chi connectivity index (χ0n) is 56.9. The van der Waals surface area contributed by atoms with Gasteiger partial charge in [0.05, 0.1) is 26.4 Å². The second kappa shape index (κ2) is 62.5. The molecule has 0 aromatic heterocycles. The van der Waals surface area contributed by atoms with Crippen molar-refractivity contribution in [3.63, 3.8) is 0 Å². The number of phosphoric acid groups is 2. The fourth-order valence-corrected chi connectivity index (χ4v) is 12.0. The number of hydrogen-bond donors (Lipinski definition) is 3. The Morgan fingerprint density at radius 3 is 0.807 bits per heavy atom. The Labute approximate surface area is 537 Å². The van der Waals surface area contributed by atoms with Gasteiger partial charge in [0.25, 0.3) is 0 Å². The van der Waals surface area contributed by atoms with Crippen molar-refractivity contribution in [2.24, 2.45) is 5.92 Å². The molecule has 0 aromatic carbocycles. The Morgan fingerprint density at radius 2 is 0.545 bits per heavy atom. The lowest BCUT2D eigenvalue weighted by Gasteiger charge is -2.21. The summed E-state index contributed by atoms with van der Waals surface area (Å²) in [6.45, 7) is 7.08. The van der Waals surface area contributed by atoms with Crippen molar-refractivity contribution < 1.29 is 80.2 Å². The van der Waals surface area contributed by atoms with Crippen molar-refractivity contribution in [1.29, 1.82) is 0 Å². The van der Waals surface area contributed by atoms with Gasteiger partial charge in [0.1, 0.15) is 19.3 Å². The predicted octanol–water partition coefficient (Wildman–Crippen LogP) is 19.7. The van der Waals surface area contributed by atoms with E-state index in [9.17, 15) is 43.2 Å². The van der Waals surface area contributed by atoms with E-state index in [4.69, 9.17) is 37.0 Å². The zero-order chi connectivity index (χ0) is 64.9. The minimum Gasteiger partial charge on any atom is -0.462 e. The minimum atomic E-state index is -4.95. The SMILES string of the molecule is CCCCCCCCCCCCCCCCCCCCCCCCC(=O)O[C@H](COC(=O)CCCCCCCCCCCCC)COP(=O)(O)OC[C@@H](O)COP(=O)(O)OC[C@@H](COC(=O)CCCCCCC)OC(=O)CCCCCCCCC(C)CC. The van der Waals surface area contributed by atoms with E-state index in [1.807, 2.05) is 0 Å². The highest BCUT2D eigenvalue weighted by molar-refractivity contribution is 7.47. The van der Waals surface area contributed by atoms with Gasteiger partial charge < -0.3 is 33.8 Å². The van der Waals surface area contributed by atoms with Crippen LogP contribution in [-0.2, 0) is 65.4 Å². The summed E-state index contributed by atoms with van der Waals surface area (Å²) < 4.78 is 67.9. The quantitative estimate of drug-likeness (QED) is 0.0222. The van der Waals surface area contributed by atoms with E-state index in [2.05, 4.69) is 34.6 Å². The molecule has 0 saturated carbocycles. The number of carbonyl (C=O) groups excluding carboxylic acids is 4. The number of rotatable bonds is 69. The maximum atomic E-state index is 13.0. The van der Waals surface area contributed by atoms with E-state index in [0.717, 1.165) is 102 Å². The second-order valence-corrected chi connectivity index (χ2v) is 28.1. The molecule has 0 amide bonds. The molecule has 522 valence electrons. The van der Waals surface area contributed by atoms with Gasteiger partial charge in [0.15, 0.2) is 12.2 Å². The highest BCUT2D eigenvalue weighted by Gasteiger charge is 2.30. The van der Waals surface area contributed by atoms with Crippen LogP contribution >= 0.6 is 15.6 Å². The van der Waals surface area contributed by atoms with Crippen LogP contribution in [0.4, 0.5) is 0 Å². The highest BCUT2D eigenvalue weighted by Crippen LogP contribution is 2.45. The van der Waals surface area contributed by atoms with Crippen molar-refractivity contribution in [2.75, 3.05) is 39.6 Å². The van der Waals surface area contributed by atoms with E-state index in [0.29, 0.717) is 25.7 Å². The van der Waals surface area contributed by atoms with Gasteiger partial charge in [0, 0.05) is 25.7 Å². The van der Waals surface area contributed by atoms with Crippen molar-refractivity contribution in [1.82, 2.24) is 0 Å². The molecule has 0 bridgehead atoms. The van der Waals surface area contributed by atoms with Gasteiger partial charge in [0.2, 0.25) is 0 Å². The summed E-state index contributed by atoms with van der Waals surface area (Å²) in [5.41, 5.74) is 0. The van der Waals surface area contributed by atoms with Crippen LogP contribution in [0.25, 0.3) is 0 Å². The first-order valence-electron chi connectivity index (χ1n) is 36.2. The van der Waals surface area contributed by atoms with Gasteiger partial charge >= 0.3 is 39.5 Å². The van der Waals surface area contributed by atoms with Gasteiger partial charge in [-0.2, -0.15) is 0 Å². The largest absolute Gasteiger partial charge is 0.472 e. The molecule has 88 heavy (non-hydrogen) atoms. The molecular weight excluding hydrogens is 1160 g/mol. The van der Waals surface area contributed by atoms with Gasteiger partial charge in [-0.05, 0) is 31.6 Å².